The van der Waals surface area contributed by atoms with Crippen LogP contribution in [0.2, 0.25) is 0 Å². The zero-order chi connectivity index (χ0) is 18.0. The van der Waals surface area contributed by atoms with E-state index in [4.69, 9.17) is 4.74 Å². The van der Waals surface area contributed by atoms with Gasteiger partial charge in [0, 0.05) is 39.3 Å². The summed E-state index contributed by atoms with van der Waals surface area (Å²) in [6.45, 7) is 4.76. The fourth-order valence-electron chi connectivity index (χ4n) is 3.02. The zero-order valence-electron chi connectivity index (χ0n) is 14.1. The number of carbonyl (C=O) groups excluding carboxylic acids is 1. The van der Waals surface area contributed by atoms with E-state index in [1.165, 1.54) is 22.5 Å². The second kappa shape index (κ2) is 7.27. The van der Waals surface area contributed by atoms with Crippen LogP contribution in [0, 0.1) is 12.7 Å². The lowest BCUT2D eigenvalue weighted by atomic mass is 10.2. The number of morpholine rings is 1. The molecule has 2 saturated heterocycles. The van der Waals surface area contributed by atoms with Gasteiger partial charge >= 0.3 is 6.03 Å². The molecule has 3 rings (SSSR count). The molecule has 1 aromatic rings. The minimum Gasteiger partial charge on any atom is -0.378 e. The lowest BCUT2D eigenvalue weighted by Gasteiger charge is -2.38. The lowest BCUT2D eigenvalue weighted by Crippen LogP contribution is -2.55. The first-order valence-electron chi connectivity index (χ1n) is 8.27. The van der Waals surface area contributed by atoms with Crippen molar-refractivity contribution < 1.29 is 22.3 Å². The maximum absolute atomic E-state index is 14.0. The van der Waals surface area contributed by atoms with E-state index in [0.717, 1.165) is 0 Å². The fourth-order valence-corrected chi connectivity index (χ4v) is 4.59. The minimum atomic E-state index is -3.90. The Labute approximate surface area is 147 Å². The van der Waals surface area contributed by atoms with E-state index in [2.05, 4.69) is 0 Å². The van der Waals surface area contributed by atoms with Gasteiger partial charge < -0.3 is 14.5 Å². The third-order valence-electron chi connectivity index (χ3n) is 4.50. The van der Waals surface area contributed by atoms with E-state index >= 15 is 0 Å². The first-order chi connectivity index (χ1) is 11.9. The molecule has 2 heterocycles. The second-order valence-corrected chi connectivity index (χ2v) is 8.11. The molecule has 2 aliphatic heterocycles. The summed E-state index contributed by atoms with van der Waals surface area (Å²) in [5.74, 6) is -0.752. The number of benzene rings is 1. The predicted molar refractivity (Wildman–Crippen MR) is 89.3 cm³/mol. The average molecular weight is 371 g/mol. The molecule has 9 heteroatoms. The molecule has 0 saturated carbocycles. The third-order valence-corrected chi connectivity index (χ3v) is 6.41. The maximum atomic E-state index is 14.0. The summed E-state index contributed by atoms with van der Waals surface area (Å²) < 4.78 is 45.8. The van der Waals surface area contributed by atoms with Crippen LogP contribution in [0.1, 0.15) is 5.56 Å². The summed E-state index contributed by atoms with van der Waals surface area (Å²) in [7, 11) is -3.90. The van der Waals surface area contributed by atoms with Gasteiger partial charge in [0.05, 0.1) is 13.2 Å². The Morgan fingerprint density at radius 2 is 1.64 bits per heavy atom. The van der Waals surface area contributed by atoms with Crippen LogP contribution in [0.4, 0.5) is 9.18 Å². The molecule has 0 aliphatic carbocycles. The molecule has 138 valence electrons. The Morgan fingerprint density at radius 1 is 1.04 bits per heavy atom. The number of piperazine rings is 1. The quantitative estimate of drug-likeness (QED) is 0.774. The first-order valence-corrected chi connectivity index (χ1v) is 9.71. The molecular weight excluding hydrogens is 349 g/mol. The van der Waals surface area contributed by atoms with Crippen molar-refractivity contribution in [1.29, 1.82) is 0 Å². The highest BCUT2D eigenvalue weighted by Crippen LogP contribution is 2.22. The number of carbonyl (C=O) groups is 1. The van der Waals surface area contributed by atoms with Crippen LogP contribution in [-0.2, 0) is 14.8 Å². The Balaban J connectivity index is 1.67. The zero-order valence-corrected chi connectivity index (χ0v) is 15.0. The van der Waals surface area contributed by atoms with Crippen LogP contribution >= 0.6 is 0 Å². The Morgan fingerprint density at radius 3 is 2.28 bits per heavy atom. The highest BCUT2D eigenvalue weighted by Gasteiger charge is 2.33. The summed E-state index contributed by atoms with van der Waals surface area (Å²) in [4.78, 5) is 15.5. The highest BCUT2D eigenvalue weighted by molar-refractivity contribution is 7.89. The average Bonchev–Trinajstić information content (AvgIpc) is 2.64. The number of rotatable bonds is 2. The fraction of sp³-hybridized carbons (Fsp3) is 0.562. The Kier molecular flexibility index (Phi) is 5.26. The van der Waals surface area contributed by atoms with Crippen LogP contribution in [-0.4, -0.2) is 81.0 Å². The summed E-state index contributed by atoms with van der Waals surface area (Å²) in [5.41, 5.74) is 0.682. The predicted octanol–water partition coefficient (Wildman–Crippen LogP) is 0.893. The van der Waals surface area contributed by atoms with Crippen molar-refractivity contribution in [2.75, 3.05) is 52.5 Å². The van der Waals surface area contributed by atoms with Gasteiger partial charge in [0.1, 0.15) is 10.7 Å². The number of sulfonamides is 1. The van der Waals surface area contributed by atoms with E-state index < -0.39 is 15.8 Å². The van der Waals surface area contributed by atoms with Crippen LogP contribution in [0.15, 0.2) is 23.1 Å². The number of urea groups is 1. The van der Waals surface area contributed by atoms with Gasteiger partial charge in [-0.3, -0.25) is 0 Å². The molecule has 1 aromatic carbocycles. The van der Waals surface area contributed by atoms with Gasteiger partial charge in [-0.25, -0.2) is 17.6 Å². The SMILES string of the molecule is Cc1ccc(F)c(S(=O)(=O)N2CCN(C(=O)N3CCOCC3)CC2)c1. The van der Waals surface area contributed by atoms with Crippen molar-refractivity contribution in [3.05, 3.63) is 29.6 Å². The Hall–Kier alpha value is -1.71. The first kappa shape index (κ1) is 18.1. The molecule has 0 atom stereocenters. The van der Waals surface area contributed by atoms with Crippen LogP contribution < -0.4 is 0 Å². The number of nitrogens with zero attached hydrogens (tertiary/aromatic N) is 3. The molecule has 2 aliphatic rings. The number of aryl methyl sites for hydroxylation is 1. The second-order valence-electron chi connectivity index (χ2n) is 6.21. The van der Waals surface area contributed by atoms with E-state index in [1.807, 2.05) is 0 Å². The van der Waals surface area contributed by atoms with Crippen molar-refractivity contribution in [3.8, 4) is 0 Å². The van der Waals surface area contributed by atoms with Gasteiger partial charge in [0.2, 0.25) is 10.0 Å². The molecule has 0 bridgehead atoms. The number of hydrogen-bond acceptors (Lipinski definition) is 4. The molecule has 0 aromatic heterocycles. The van der Waals surface area contributed by atoms with E-state index in [1.54, 1.807) is 16.7 Å². The molecule has 0 unspecified atom stereocenters. The monoisotopic (exact) mass is 371 g/mol. The normalized spacial score (nSPS) is 19.9. The largest absolute Gasteiger partial charge is 0.378 e. The van der Waals surface area contributed by atoms with Crippen LogP contribution in [0.25, 0.3) is 0 Å². The van der Waals surface area contributed by atoms with Gasteiger partial charge in [0.25, 0.3) is 0 Å². The standard InChI is InChI=1S/C16H22FN3O4S/c1-13-2-3-14(17)15(12-13)25(22,23)20-6-4-18(5-7-20)16(21)19-8-10-24-11-9-19/h2-3,12H,4-11H2,1H3. The molecule has 25 heavy (non-hydrogen) atoms. The number of hydrogen-bond donors (Lipinski definition) is 0. The van der Waals surface area contributed by atoms with Gasteiger partial charge in [-0.1, -0.05) is 6.07 Å². The molecule has 2 fully saturated rings. The van der Waals surface area contributed by atoms with Crippen molar-refractivity contribution in [3.63, 3.8) is 0 Å². The van der Waals surface area contributed by atoms with Crippen molar-refractivity contribution in [2.45, 2.75) is 11.8 Å². The maximum Gasteiger partial charge on any atom is 0.320 e. The smallest absolute Gasteiger partial charge is 0.320 e. The van der Waals surface area contributed by atoms with Crippen LogP contribution in [0.5, 0.6) is 0 Å². The van der Waals surface area contributed by atoms with Crippen LogP contribution in [0.3, 0.4) is 0 Å². The number of ether oxygens (including phenoxy) is 1. The van der Waals surface area contributed by atoms with Gasteiger partial charge in [0.15, 0.2) is 0 Å². The summed E-state index contributed by atoms with van der Waals surface area (Å²) in [5, 5.41) is 0. The van der Waals surface area contributed by atoms with Crippen molar-refractivity contribution in [2.24, 2.45) is 0 Å². The third kappa shape index (κ3) is 3.78. The van der Waals surface area contributed by atoms with E-state index in [9.17, 15) is 17.6 Å². The number of amides is 2. The van der Waals surface area contributed by atoms with Gasteiger partial charge in [-0.2, -0.15) is 4.31 Å². The van der Waals surface area contributed by atoms with E-state index in [0.29, 0.717) is 45.0 Å². The topological polar surface area (TPSA) is 70.2 Å². The minimum absolute atomic E-state index is 0.0953. The molecular formula is C16H22FN3O4S. The summed E-state index contributed by atoms with van der Waals surface area (Å²) in [6.07, 6.45) is 0. The van der Waals surface area contributed by atoms with Crippen molar-refractivity contribution in [1.82, 2.24) is 14.1 Å². The molecule has 0 spiro atoms. The molecule has 0 radical (unpaired) electrons. The van der Waals surface area contributed by atoms with Crippen molar-refractivity contribution >= 4 is 16.1 Å². The molecule has 7 nitrogen and oxygen atoms in total. The van der Waals surface area contributed by atoms with Gasteiger partial charge in [-0.05, 0) is 24.6 Å². The van der Waals surface area contributed by atoms with E-state index in [-0.39, 0.29) is 24.0 Å². The Bertz CT molecular complexity index is 742. The molecule has 0 N–H and O–H groups in total. The number of halogens is 1. The van der Waals surface area contributed by atoms with Gasteiger partial charge in [-0.15, -0.1) is 0 Å². The summed E-state index contributed by atoms with van der Waals surface area (Å²) >= 11 is 0. The lowest BCUT2D eigenvalue weighted by molar-refractivity contribution is 0.0405. The summed E-state index contributed by atoms with van der Waals surface area (Å²) in [6, 6.07) is 3.95. The molecule has 2 amide bonds. The highest BCUT2D eigenvalue weighted by atomic mass is 32.2.